The number of Topliss-reactive ketones (excluding diaryl/α,β-unsaturated/α-hetero) is 2. The molecule has 0 amide bonds. The Hall–Kier alpha value is -1.72. The fourth-order valence-electron chi connectivity index (χ4n) is 3.79. The number of rotatable bonds is 5. The van der Waals surface area contributed by atoms with Crippen LogP contribution in [-0.4, -0.2) is 24.8 Å². The van der Waals surface area contributed by atoms with Crippen molar-refractivity contribution in [2.24, 2.45) is 17.7 Å². The molecule has 0 bridgehead atoms. The quantitative estimate of drug-likeness (QED) is 0.665. The van der Waals surface area contributed by atoms with Crippen LogP contribution in [0.3, 0.4) is 0 Å². The maximum Gasteiger partial charge on any atom is 0.151 e. The van der Waals surface area contributed by atoms with E-state index in [1.165, 1.54) is 0 Å². The van der Waals surface area contributed by atoms with Gasteiger partial charge in [0, 0.05) is 25.6 Å². The molecule has 1 saturated carbocycles. The number of carbonyl (C=O) groups excluding carboxylic acids is 2. The summed E-state index contributed by atoms with van der Waals surface area (Å²) in [6.07, 6.45) is 2.85. The number of nitrogens with two attached hydrogens (primary N) is 1. The normalized spacial score (nSPS) is 27.7. The fourth-order valence-corrected chi connectivity index (χ4v) is 3.79. The molecule has 0 spiro atoms. The molecule has 2 fully saturated rings. The summed E-state index contributed by atoms with van der Waals surface area (Å²) in [5, 5.41) is 0. The number of aryl methyl sites for hydroxylation is 1. The Bertz CT molecular complexity index is 607. The van der Waals surface area contributed by atoms with Crippen LogP contribution in [0.5, 0.6) is 5.75 Å². The predicted octanol–water partition coefficient (Wildman–Crippen LogP) is 2.17. The smallest absolute Gasteiger partial charge is 0.151 e. The van der Waals surface area contributed by atoms with E-state index in [4.69, 9.17) is 15.5 Å². The van der Waals surface area contributed by atoms with Gasteiger partial charge in [-0.1, -0.05) is 13.0 Å². The molecule has 3 atom stereocenters. The van der Waals surface area contributed by atoms with Crippen LogP contribution in [-0.2, 0) is 20.7 Å². The molecule has 2 N–H and O–H groups in total. The SMILES string of the molecule is CCc1ccc(ON)cc1C1C(=O)CC(CC2CCOC2)C1=O. The molecule has 5 heteroatoms. The Morgan fingerprint density at radius 1 is 1.35 bits per heavy atom. The van der Waals surface area contributed by atoms with Gasteiger partial charge in [0.15, 0.2) is 5.78 Å². The van der Waals surface area contributed by atoms with Crippen LogP contribution in [0.25, 0.3) is 0 Å². The zero-order valence-corrected chi connectivity index (χ0v) is 13.4. The van der Waals surface area contributed by atoms with Gasteiger partial charge in [0.1, 0.15) is 17.5 Å². The second-order valence-electron chi connectivity index (χ2n) is 6.50. The van der Waals surface area contributed by atoms with Crippen LogP contribution >= 0.6 is 0 Å². The number of benzene rings is 1. The molecule has 1 heterocycles. The molecule has 3 rings (SSSR count). The summed E-state index contributed by atoms with van der Waals surface area (Å²) in [4.78, 5) is 30.1. The van der Waals surface area contributed by atoms with Crippen molar-refractivity contribution in [2.75, 3.05) is 13.2 Å². The lowest BCUT2D eigenvalue weighted by Gasteiger charge is -2.16. The van der Waals surface area contributed by atoms with Crippen molar-refractivity contribution in [1.29, 1.82) is 0 Å². The minimum atomic E-state index is -0.660. The van der Waals surface area contributed by atoms with E-state index < -0.39 is 5.92 Å². The van der Waals surface area contributed by atoms with Gasteiger partial charge in [-0.15, -0.1) is 0 Å². The third-order valence-corrected chi connectivity index (χ3v) is 5.04. The van der Waals surface area contributed by atoms with Gasteiger partial charge in [-0.2, -0.15) is 5.90 Å². The lowest BCUT2D eigenvalue weighted by atomic mass is 9.87. The van der Waals surface area contributed by atoms with Gasteiger partial charge in [0.25, 0.3) is 0 Å². The zero-order valence-electron chi connectivity index (χ0n) is 13.4. The summed E-state index contributed by atoms with van der Waals surface area (Å²) < 4.78 is 5.38. The largest absolute Gasteiger partial charge is 0.412 e. The first-order valence-electron chi connectivity index (χ1n) is 8.27. The Labute approximate surface area is 136 Å². The molecule has 124 valence electrons. The van der Waals surface area contributed by atoms with Crippen LogP contribution in [0.15, 0.2) is 18.2 Å². The Kier molecular flexibility index (Phi) is 4.78. The van der Waals surface area contributed by atoms with Crippen molar-refractivity contribution in [2.45, 2.75) is 38.5 Å². The molecule has 1 aliphatic heterocycles. The number of ketones is 2. The zero-order chi connectivity index (χ0) is 16.4. The van der Waals surface area contributed by atoms with Gasteiger partial charge in [-0.05, 0) is 48.4 Å². The molecule has 3 unspecified atom stereocenters. The molecule has 23 heavy (non-hydrogen) atoms. The van der Waals surface area contributed by atoms with E-state index in [0.29, 0.717) is 24.7 Å². The molecular formula is C18H23NO4. The van der Waals surface area contributed by atoms with Gasteiger partial charge in [0.2, 0.25) is 0 Å². The molecule has 5 nitrogen and oxygen atoms in total. The predicted molar refractivity (Wildman–Crippen MR) is 85.0 cm³/mol. The lowest BCUT2D eigenvalue weighted by Crippen LogP contribution is -2.19. The Morgan fingerprint density at radius 3 is 2.83 bits per heavy atom. The van der Waals surface area contributed by atoms with Crippen LogP contribution in [0.4, 0.5) is 0 Å². The Balaban J connectivity index is 1.84. The summed E-state index contributed by atoms with van der Waals surface area (Å²) in [5.41, 5.74) is 1.76. The fraction of sp³-hybridized carbons (Fsp3) is 0.556. The average molecular weight is 317 g/mol. The van der Waals surface area contributed by atoms with E-state index in [1.807, 2.05) is 13.0 Å². The van der Waals surface area contributed by atoms with E-state index in [2.05, 4.69) is 0 Å². The van der Waals surface area contributed by atoms with Crippen molar-refractivity contribution in [3.63, 3.8) is 0 Å². The Morgan fingerprint density at radius 2 is 2.17 bits per heavy atom. The van der Waals surface area contributed by atoms with E-state index in [-0.39, 0.29) is 17.5 Å². The maximum absolute atomic E-state index is 12.8. The number of hydrogen-bond acceptors (Lipinski definition) is 5. The second kappa shape index (κ2) is 6.81. The maximum atomic E-state index is 12.8. The third-order valence-electron chi connectivity index (χ3n) is 5.04. The molecule has 1 saturated heterocycles. The van der Waals surface area contributed by atoms with Crippen molar-refractivity contribution < 1.29 is 19.2 Å². The average Bonchev–Trinajstić information content (AvgIpc) is 3.16. The molecule has 2 aliphatic rings. The first-order chi connectivity index (χ1) is 11.1. The highest BCUT2D eigenvalue weighted by atomic mass is 16.6. The molecule has 0 aromatic heterocycles. The van der Waals surface area contributed by atoms with E-state index in [9.17, 15) is 9.59 Å². The van der Waals surface area contributed by atoms with E-state index >= 15 is 0 Å². The van der Waals surface area contributed by atoms with Crippen molar-refractivity contribution in [3.8, 4) is 5.75 Å². The summed E-state index contributed by atoms with van der Waals surface area (Å²) >= 11 is 0. The number of ether oxygens (including phenoxy) is 1. The minimum Gasteiger partial charge on any atom is -0.412 e. The monoisotopic (exact) mass is 317 g/mol. The van der Waals surface area contributed by atoms with Gasteiger partial charge in [0.05, 0.1) is 0 Å². The van der Waals surface area contributed by atoms with E-state index in [0.717, 1.165) is 37.0 Å². The first kappa shape index (κ1) is 16.1. The molecule has 1 aromatic rings. The summed E-state index contributed by atoms with van der Waals surface area (Å²) in [7, 11) is 0. The highest BCUT2D eigenvalue weighted by Gasteiger charge is 2.43. The molecular weight excluding hydrogens is 294 g/mol. The number of carbonyl (C=O) groups is 2. The van der Waals surface area contributed by atoms with Crippen LogP contribution in [0.1, 0.15) is 43.2 Å². The van der Waals surface area contributed by atoms with Crippen LogP contribution in [0.2, 0.25) is 0 Å². The highest BCUT2D eigenvalue weighted by Crippen LogP contribution is 2.39. The molecule has 1 aliphatic carbocycles. The van der Waals surface area contributed by atoms with Gasteiger partial charge in [-0.25, -0.2) is 0 Å². The van der Waals surface area contributed by atoms with Gasteiger partial charge < -0.3 is 9.57 Å². The lowest BCUT2D eigenvalue weighted by molar-refractivity contribution is -0.125. The van der Waals surface area contributed by atoms with Gasteiger partial charge in [-0.3, -0.25) is 9.59 Å². The van der Waals surface area contributed by atoms with Crippen molar-refractivity contribution in [1.82, 2.24) is 0 Å². The number of hydrogen-bond donors (Lipinski definition) is 1. The summed E-state index contributed by atoms with van der Waals surface area (Å²) in [6.45, 7) is 3.48. The molecule has 1 aromatic carbocycles. The highest BCUT2D eigenvalue weighted by molar-refractivity contribution is 6.14. The molecule has 0 radical (unpaired) electrons. The summed E-state index contributed by atoms with van der Waals surface area (Å²) in [5.74, 6) is 5.34. The van der Waals surface area contributed by atoms with Gasteiger partial charge >= 0.3 is 0 Å². The van der Waals surface area contributed by atoms with Crippen LogP contribution < -0.4 is 10.7 Å². The second-order valence-corrected chi connectivity index (χ2v) is 6.50. The third kappa shape index (κ3) is 3.16. The topological polar surface area (TPSA) is 78.6 Å². The van der Waals surface area contributed by atoms with Crippen molar-refractivity contribution >= 4 is 11.6 Å². The van der Waals surface area contributed by atoms with Crippen LogP contribution in [0, 0.1) is 11.8 Å². The summed E-state index contributed by atoms with van der Waals surface area (Å²) in [6, 6.07) is 5.39. The standard InChI is InChI=1S/C18H23NO4/c1-2-12-3-4-14(23-19)9-15(12)17-16(20)8-13(18(17)21)7-11-5-6-22-10-11/h3-4,9,11,13,17H,2,5-8,10,19H2,1H3. The van der Waals surface area contributed by atoms with Crippen molar-refractivity contribution in [3.05, 3.63) is 29.3 Å². The van der Waals surface area contributed by atoms with E-state index in [1.54, 1.807) is 12.1 Å². The minimum absolute atomic E-state index is 0.0165. The first-order valence-corrected chi connectivity index (χ1v) is 8.27.